The number of likely N-dealkylation sites (tertiary alicyclic amines) is 1. The molecule has 1 N–H and O–H groups in total. The van der Waals surface area contributed by atoms with Crippen LogP contribution >= 0.6 is 0 Å². The van der Waals surface area contributed by atoms with Crippen molar-refractivity contribution >= 4 is 15.9 Å². The van der Waals surface area contributed by atoms with Gasteiger partial charge in [-0.05, 0) is 51.7 Å². The van der Waals surface area contributed by atoms with E-state index in [0.29, 0.717) is 42.0 Å². The molecule has 0 saturated carbocycles. The summed E-state index contributed by atoms with van der Waals surface area (Å²) in [5.74, 6) is 0.270. The number of nitrogens with zero attached hydrogens (tertiary/aromatic N) is 4. The third-order valence-corrected chi connectivity index (χ3v) is 8.22. The van der Waals surface area contributed by atoms with Gasteiger partial charge in [-0.2, -0.15) is 4.31 Å². The number of sulfonamides is 1. The third-order valence-electron chi connectivity index (χ3n) is 6.00. The Labute approximate surface area is 181 Å². The number of aromatic nitrogens is 3. The standard InChI is InChI=1S/C21H27N5O4S/c1-14(2)31(29,30)25-11-8-16-17(13-25)23-19(24-20(16)27)18-7-3-4-10-26(18)21(28)15-6-5-9-22-12-15/h5-6,9,12,14,18H,3-4,7-8,10-11,13H2,1-2H3,(H,23,24,27)/t18-/m0/s1. The maximum atomic E-state index is 13.1. The quantitative estimate of drug-likeness (QED) is 0.765. The molecule has 0 unspecified atom stereocenters. The maximum absolute atomic E-state index is 13.1. The molecule has 0 bridgehead atoms. The molecule has 0 spiro atoms. The molecule has 166 valence electrons. The van der Waals surface area contributed by atoms with Crippen LogP contribution in [-0.2, 0) is 23.0 Å². The highest BCUT2D eigenvalue weighted by Gasteiger charge is 2.34. The minimum absolute atomic E-state index is 0.0794. The highest BCUT2D eigenvalue weighted by atomic mass is 32.2. The summed E-state index contributed by atoms with van der Waals surface area (Å²) in [6.45, 7) is 4.20. The summed E-state index contributed by atoms with van der Waals surface area (Å²) in [6, 6.07) is 3.07. The minimum Gasteiger partial charge on any atom is -0.328 e. The number of hydrogen-bond donors (Lipinski definition) is 1. The Balaban J connectivity index is 1.67. The predicted octanol–water partition coefficient (Wildman–Crippen LogP) is 1.63. The summed E-state index contributed by atoms with van der Waals surface area (Å²) in [7, 11) is -3.44. The van der Waals surface area contributed by atoms with Crippen molar-refractivity contribution in [3.63, 3.8) is 0 Å². The smallest absolute Gasteiger partial charge is 0.256 e. The SMILES string of the molecule is CC(C)S(=O)(=O)N1CCc2c(nc([C@@H]3CCCCN3C(=O)c3cccnc3)[nH]c2=O)C1. The molecule has 2 aliphatic rings. The van der Waals surface area contributed by atoms with Crippen LogP contribution < -0.4 is 5.56 Å². The fourth-order valence-corrected chi connectivity index (χ4v) is 5.47. The van der Waals surface area contributed by atoms with E-state index in [-0.39, 0.29) is 30.6 Å². The number of rotatable bonds is 4. The topological polar surface area (TPSA) is 116 Å². The number of pyridine rings is 1. The van der Waals surface area contributed by atoms with Gasteiger partial charge in [0.25, 0.3) is 11.5 Å². The van der Waals surface area contributed by atoms with Crippen LogP contribution in [0.2, 0.25) is 0 Å². The monoisotopic (exact) mass is 445 g/mol. The molecule has 1 fully saturated rings. The van der Waals surface area contributed by atoms with Crippen molar-refractivity contribution in [3.05, 3.63) is 57.5 Å². The molecule has 4 rings (SSSR count). The minimum atomic E-state index is -3.44. The summed E-state index contributed by atoms with van der Waals surface area (Å²) in [5, 5.41) is -0.540. The first kappa shape index (κ1) is 21.6. The average molecular weight is 446 g/mol. The van der Waals surface area contributed by atoms with Gasteiger partial charge in [0, 0.05) is 31.0 Å². The van der Waals surface area contributed by atoms with Gasteiger partial charge in [0.15, 0.2) is 0 Å². The second-order valence-corrected chi connectivity index (χ2v) is 10.8. The summed E-state index contributed by atoms with van der Waals surface area (Å²) in [4.78, 5) is 39.2. The molecule has 1 saturated heterocycles. The Hall–Kier alpha value is -2.59. The number of piperidine rings is 1. The van der Waals surface area contributed by atoms with Crippen LogP contribution in [0, 0.1) is 0 Å². The highest BCUT2D eigenvalue weighted by molar-refractivity contribution is 7.89. The summed E-state index contributed by atoms with van der Waals surface area (Å²) in [6.07, 6.45) is 5.94. The highest BCUT2D eigenvalue weighted by Crippen LogP contribution is 2.31. The van der Waals surface area contributed by atoms with E-state index in [1.807, 2.05) is 0 Å². The third kappa shape index (κ3) is 4.14. The molecule has 2 aromatic heterocycles. The Bertz CT molecular complexity index is 1130. The van der Waals surface area contributed by atoms with E-state index in [1.165, 1.54) is 10.5 Å². The van der Waals surface area contributed by atoms with Crippen LogP contribution in [0.1, 0.15) is 66.6 Å². The lowest BCUT2D eigenvalue weighted by Crippen LogP contribution is -2.43. The molecule has 2 aromatic rings. The fourth-order valence-electron chi connectivity index (χ4n) is 4.22. The number of carbonyl (C=O) groups is 1. The molecule has 1 atom stereocenters. The van der Waals surface area contributed by atoms with Crippen molar-refractivity contribution in [2.24, 2.45) is 0 Å². The van der Waals surface area contributed by atoms with Gasteiger partial charge in [-0.25, -0.2) is 13.4 Å². The lowest BCUT2D eigenvalue weighted by atomic mass is 9.99. The number of amides is 1. The summed E-state index contributed by atoms with van der Waals surface area (Å²) >= 11 is 0. The van der Waals surface area contributed by atoms with Gasteiger partial charge < -0.3 is 9.88 Å². The molecular weight excluding hydrogens is 418 g/mol. The van der Waals surface area contributed by atoms with Gasteiger partial charge in [-0.3, -0.25) is 14.6 Å². The molecule has 0 aromatic carbocycles. The van der Waals surface area contributed by atoms with Gasteiger partial charge in [0.05, 0.1) is 29.1 Å². The normalized spacial score (nSPS) is 20.0. The summed E-state index contributed by atoms with van der Waals surface area (Å²) < 4.78 is 26.6. The van der Waals surface area contributed by atoms with Crippen LogP contribution in [0.15, 0.2) is 29.3 Å². The zero-order valence-electron chi connectivity index (χ0n) is 17.7. The second-order valence-electron chi connectivity index (χ2n) is 8.31. The largest absolute Gasteiger partial charge is 0.328 e. The van der Waals surface area contributed by atoms with Crippen molar-refractivity contribution in [2.75, 3.05) is 13.1 Å². The molecule has 0 radical (unpaired) electrons. The van der Waals surface area contributed by atoms with Crippen LogP contribution in [0.5, 0.6) is 0 Å². The first-order valence-electron chi connectivity index (χ1n) is 10.6. The predicted molar refractivity (Wildman–Crippen MR) is 115 cm³/mol. The Morgan fingerprint density at radius 1 is 1.26 bits per heavy atom. The lowest BCUT2D eigenvalue weighted by molar-refractivity contribution is 0.0598. The van der Waals surface area contributed by atoms with Gasteiger partial charge in [0.1, 0.15) is 5.82 Å². The van der Waals surface area contributed by atoms with Crippen molar-refractivity contribution < 1.29 is 13.2 Å². The first-order valence-corrected chi connectivity index (χ1v) is 12.1. The van der Waals surface area contributed by atoms with Crippen LogP contribution in [0.3, 0.4) is 0 Å². The van der Waals surface area contributed by atoms with Gasteiger partial charge in [-0.1, -0.05) is 0 Å². The lowest BCUT2D eigenvalue weighted by Gasteiger charge is -2.36. The Morgan fingerprint density at radius 2 is 2.06 bits per heavy atom. The molecule has 0 aliphatic carbocycles. The van der Waals surface area contributed by atoms with E-state index in [0.717, 1.165) is 12.8 Å². The van der Waals surface area contributed by atoms with Crippen molar-refractivity contribution in [3.8, 4) is 0 Å². The summed E-state index contributed by atoms with van der Waals surface area (Å²) in [5.41, 5.74) is 1.25. The fraction of sp³-hybridized carbons (Fsp3) is 0.524. The molecule has 10 heteroatoms. The number of fused-ring (bicyclic) bond motifs is 1. The van der Waals surface area contributed by atoms with Gasteiger partial charge in [0.2, 0.25) is 10.0 Å². The van der Waals surface area contributed by atoms with E-state index in [9.17, 15) is 18.0 Å². The van der Waals surface area contributed by atoms with E-state index in [4.69, 9.17) is 0 Å². The Kier molecular flexibility index (Phi) is 5.94. The van der Waals surface area contributed by atoms with E-state index in [1.54, 1.807) is 37.1 Å². The maximum Gasteiger partial charge on any atom is 0.256 e. The molecule has 9 nitrogen and oxygen atoms in total. The number of hydrogen-bond acceptors (Lipinski definition) is 6. The van der Waals surface area contributed by atoms with E-state index < -0.39 is 15.3 Å². The number of carbonyl (C=O) groups excluding carboxylic acids is 1. The van der Waals surface area contributed by atoms with Crippen LogP contribution in [-0.4, -0.2) is 56.8 Å². The number of aromatic amines is 1. The second kappa shape index (κ2) is 8.51. The van der Waals surface area contributed by atoms with Gasteiger partial charge >= 0.3 is 0 Å². The molecule has 2 aliphatic heterocycles. The van der Waals surface area contributed by atoms with Crippen LogP contribution in [0.4, 0.5) is 0 Å². The van der Waals surface area contributed by atoms with Gasteiger partial charge in [-0.15, -0.1) is 0 Å². The van der Waals surface area contributed by atoms with E-state index >= 15 is 0 Å². The van der Waals surface area contributed by atoms with Crippen molar-refractivity contribution in [2.45, 2.75) is 57.4 Å². The number of nitrogens with one attached hydrogen (secondary N) is 1. The first-order chi connectivity index (χ1) is 14.8. The van der Waals surface area contributed by atoms with Crippen molar-refractivity contribution in [1.82, 2.24) is 24.2 Å². The zero-order chi connectivity index (χ0) is 22.2. The van der Waals surface area contributed by atoms with Crippen LogP contribution in [0.25, 0.3) is 0 Å². The average Bonchev–Trinajstić information content (AvgIpc) is 2.78. The molecular formula is C21H27N5O4S. The van der Waals surface area contributed by atoms with E-state index in [2.05, 4.69) is 15.0 Å². The zero-order valence-corrected chi connectivity index (χ0v) is 18.6. The molecule has 1 amide bonds. The Morgan fingerprint density at radius 3 is 2.77 bits per heavy atom. The molecule has 31 heavy (non-hydrogen) atoms. The number of H-pyrrole nitrogens is 1. The van der Waals surface area contributed by atoms with Crippen molar-refractivity contribution in [1.29, 1.82) is 0 Å². The molecule has 4 heterocycles.